The molecule has 0 spiro atoms. The van der Waals surface area contributed by atoms with E-state index in [-0.39, 0.29) is 18.0 Å². The molecule has 1 aromatic rings. The van der Waals surface area contributed by atoms with E-state index in [9.17, 15) is 18.0 Å². The fourth-order valence-corrected chi connectivity index (χ4v) is 3.37. The van der Waals surface area contributed by atoms with Crippen molar-refractivity contribution in [2.24, 2.45) is 0 Å². The zero-order valence-electron chi connectivity index (χ0n) is 13.4. The Labute approximate surface area is 139 Å². The summed E-state index contributed by atoms with van der Waals surface area (Å²) in [5.41, 5.74) is -0.0326. The van der Waals surface area contributed by atoms with Gasteiger partial charge >= 0.3 is 6.18 Å². The minimum Gasteiger partial charge on any atom is -0.371 e. The van der Waals surface area contributed by atoms with Crippen molar-refractivity contribution in [3.05, 3.63) is 29.8 Å². The van der Waals surface area contributed by atoms with Crippen molar-refractivity contribution in [2.45, 2.75) is 43.9 Å². The number of carbonyl (C=O) groups excluding carboxylic acids is 1. The van der Waals surface area contributed by atoms with Gasteiger partial charge in [-0.2, -0.15) is 13.2 Å². The third-order valence-electron chi connectivity index (χ3n) is 4.76. The second-order valence-electron chi connectivity index (χ2n) is 6.47. The number of hydrogen-bond donors (Lipinski definition) is 2. The van der Waals surface area contributed by atoms with Crippen molar-refractivity contribution in [1.29, 1.82) is 0 Å². The highest BCUT2D eigenvalue weighted by atomic mass is 19.4. The lowest BCUT2D eigenvalue weighted by Crippen LogP contribution is -2.49. The minimum atomic E-state index is -4.32. The highest BCUT2D eigenvalue weighted by Crippen LogP contribution is 2.32. The van der Waals surface area contributed by atoms with Crippen LogP contribution >= 0.6 is 0 Å². The lowest BCUT2D eigenvalue weighted by Gasteiger charge is -2.34. The number of nitrogens with zero attached hydrogens (tertiary/aromatic N) is 1. The van der Waals surface area contributed by atoms with Gasteiger partial charge in [0.1, 0.15) is 0 Å². The normalized spacial score (nSPS) is 22.6. The highest BCUT2D eigenvalue weighted by Gasteiger charge is 2.31. The van der Waals surface area contributed by atoms with E-state index in [0.717, 1.165) is 38.3 Å². The number of anilines is 1. The number of nitrogens with one attached hydrogen (secondary N) is 2. The Morgan fingerprint density at radius 1 is 1.21 bits per heavy atom. The van der Waals surface area contributed by atoms with Crippen LogP contribution in [0.3, 0.4) is 0 Å². The molecule has 2 heterocycles. The molecule has 0 unspecified atom stereocenters. The molecule has 0 aromatic heterocycles. The third kappa shape index (κ3) is 4.01. The van der Waals surface area contributed by atoms with Crippen LogP contribution < -0.4 is 15.5 Å². The first-order chi connectivity index (χ1) is 11.4. The van der Waals surface area contributed by atoms with Gasteiger partial charge in [0, 0.05) is 24.8 Å². The van der Waals surface area contributed by atoms with Crippen LogP contribution in [0, 0.1) is 0 Å². The molecular weight excluding hydrogens is 319 g/mol. The van der Waals surface area contributed by atoms with Gasteiger partial charge in [-0.15, -0.1) is 0 Å². The van der Waals surface area contributed by atoms with Crippen molar-refractivity contribution in [1.82, 2.24) is 10.6 Å². The first-order valence-electron chi connectivity index (χ1n) is 8.39. The lowest BCUT2D eigenvalue weighted by molar-refractivity contribution is -0.137. The van der Waals surface area contributed by atoms with E-state index < -0.39 is 11.7 Å². The number of benzene rings is 1. The van der Waals surface area contributed by atoms with E-state index in [1.165, 1.54) is 12.1 Å². The molecule has 0 radical (unpaired) electrons. The second-order valence-corrected chi connectivity index (χ2v) is 6.47. The maximum Gasteiger partial charge on any atom is 0.416 e. The Balaban J connectivity index is 1.54. The summed E-state index contributed by atoms with van der Waals surface area (Å²) in [6.45, 7) is 2.17. The molecule has 2 fully saturated rings. The van der Waals surface area contributed by atoms with E-state index in [2.05, 4.69) is 10.6 Å². The zero-order valence-corrected chi connectivity index (χ0v) is 13.4. The largest absolute Gasteiger partial charge is 0.416 e. The monoisotopic (exact) mass is 341 g/mol. The van der Waals surface area contributed by atoms with Crippen LogP contribution in [-0.4, -0.2) is 37.6 Å². The third-order valence-corrected chi connectivity index (χ3v) is 4.76. The first kappa shape index (κ1) is 17.1. The Hall–Kier alpha value is -1.76. The molecule has 1 atom stereocenters. The Morgan fingerprint density at radius 3 is 2.58 bits per heavy atom. The second kappa shape index (κ2) is 7.01. The molecule has 3 rings (SSSR count). The van der Waals surface area contributed by atoms with E-state index in [1.54, 1.807) is 6.07 Å². The smallest absolute Gasteiger partial charge is 0.371 e. The maximum absolute atomic E-state index is 12.8. The van der Waals surface area contributed by atoms with Crippen molar-refractivity contribution in [2.75, 3.05) is 24.5 Å². The minimum absolute atomic E-state index is 0.0463. The fourth-order valence-electron chi connectivity index (χ4n) is 3.37. The SMILES string of the molecule is O=C(NC1CCN(c2cccc(C(F)(F)F)c2)CC1)[C@@H]1CCCN1. The van der Waals surface area contributed by atoms with Gasteiger partial charge in [-0.3, -0.25) is 4.79 Å². The number of hydrogen-bond acceptors (Lipinski definition) is 3. The highest BCUT2D eigenvalue weighted by molar-refractivity contribution is 5.82. The van der Waals surface area contributed by atoms with E-state index in [4.69, 9.17) is 0 Å². The quantitative estimate of drug-likeness (QED) is 0.888. The summed E-state index contributed by atoms with van der Waals surface area (Å²) in [6, 6.07) is 5.44. The molecule has 1 aromatic carbocycles. The van der Waals surface area contributed by atoms with Crippen LogP contribution in [-0.2, 0) is 11.0 Å². The first-order valence-corrected chi connectivity index (χ1v) is 8.39. The molecule has 24 heavy (non-hydrogen) atoms. The van der Waals surface area contributed by atoms with Crippen LogP contribution in [0.4, 0.5) is 18.9 Å². The van der Waals surface area contributed by atoms with Gasteiger partial charge in [0.15, 0.2) is 0 Å². The molecule has 2 aliphatic heterocycles. The van der Waals surface area contributed by atoms with Gasteiger partial charge < -0.3 is 15.5 Å². The molecule has 1 amide bonds. The van der Waals surface area contributed by atoms with E-state index in [0.29, 0.717) is 18.8 Å². The molecule has 4 nitrogen and oxygen atoms in total. The average Bonchev–Trinajstić information content (AvgIpc) is 3.09. The van der Waals surface area contributed by atoms with Crippen LogP contribution in [0.1, 0.15) is 31.2 Å². The molecule has 7 heteroatoms. The van der Waals surface area contributed by atoms with Crippen LogP contribution in [0.5, 0.6) is 0 Å². The van der Waals surface area contributed by atoms with E-state index >= 15 is 0 Å². The van der Waals surface area contributed by atoms with Crippen LogP contribution in [0.2, 0.25) is 0 Å². The molecular formula is C17H22F3N3O. The fraction of sp³-hybridized carbons (Fsp3) is 0.588. The molecule has 132 valence electrons. The van der Waals surface area contributed by atoms with Crippen molar-refractivity contribution < 1.29 is 18.0 Å². The topological polar surface area (TPSA) is 44.4 Å². The summed E-state index contributed by atoms with van der Waals surface area (Å²) < 4.78 is 38.4. The van der Waals surface area contributed by atoms with Gasteiger partial charge in [-0.25, -0.2) is 0 Å². The van der Waals surface area contributed by atoms with Gasteiger partial charge in [0.05, 0.1) is 11.6 Å². The number of carbonyl (C=O) groups is 1. The predicted molar refractivity (Wildman–Crippen MR) is 85.8 cm³/mol. The summed E-state index contributed by atoms with van der Waals surface area (Å²) >= 11 is 0. The van der Waals surface area contributed by atoms with Gasteiger partial charge in [0.25, 0.3) is 0 Å². The Bertz CT molecular complexity index is 577. The van der Waals surface area contributed by atoms with Crippen molar-refractivity contribution in [3.8, 4) is 0 Å². The molecule has 2 aliphatic rings. The van der Waals surface area contributed by atoms with Gasteiger partial charge in [-0.1, -0.05) is 6.07 Å². The molecule has 0 bridgehead atoms. The number of alkyl halides is 3. The standard InChI is InChI=1S/C17H22F3N3O/c18-17(19,20)12-3-1-4-14(11-12)23-9-6-13(7-10-23)22-16(24)15-5-2-8-21-15/h1,3-4,11,13,15,21H,2,5-10H2,(H,22,24)/t15-/m0/s1. The van der Waals surface area contributed by atoms with Crippen molar-refractivity contribution >= 4 is 11.6 Å². The predicted octanol–water partition coefficient (Wildman–Crippen LogP) is 2.54. The summed E-state index contributed by atoms with van der Waals surface area (Å²) in [7, 11) is 0. The Kier molecular flexibility index (Phi) is 4.99. The van der Waals surface area contributed by atoms with E-state index in [1.807, 2.05) is 4.90 Å². The van der Waals surface area contributed by atoms with Gasteiger partial charge in [0.2, 0.25) is 5.91 Å². The number of amides is 1. The molecule has 2 N–H and O–H groups in total. The summed E-state index contributed by atoms with van der Waals surface area (Å²) in [5, 5.41) is 6.23. The van der Waals surface area contributed by atoms with Crippen molar-refractivity contribution in [3.63, 3.8) is 0 Å². The number of halogens is 3. The van der Waals surface area contributed by atoms with Crippen LogP contribution in [0.15, 0.2) is 24.3 Å². The average molecular weight is 341 g/mol. The number of rotatable bonds is 3. The van der Waals surface area contributed by atoms with Gasteiger partial charge in [-0.05, 0) is 50.4 Å². The summed E-state index contributed by atoms with van der Waals surface area (Å²) in [4.78, 5) is 14.1. The molecule has 0 aliphatic carbocycles. The van der Waals surface area contributed by atoms with Crippen LogP contribution in [0.25, 0.3) is 0 Å². The molecule has 0 saturated carbocycles. The lowest BCUT2D eigenvalue weighted by atomic mass is 10.0. The zero-order chi connectivity index (χ0) is 17.2. The maximum atomic E-state index is 12.8. The molecule has 2 saturated heterocycles. The Morgan fingerprint density at radius 2 is 1.96 bits per heavy atom. The summed E-state index contributed by atoms with van der Waals surface area (Å²) in [5.74, 6) is 0.0463. The summed E-state index contributed by atoms with van der Waals surface area (Å²) in [6.07, 6.45) is -0.943. The number of piperidine rings is 1.